The van der Waals surface area contributed by atoms with Gasteiger partial charge in [-0.2, -0.15) is 0 Å². The molecule has 1 N–H and O–H groups in total. The van der Waals surface area contributed by atoms with Crippen molar-refractivity contribution in [3.63, 3.8) is 0 Å². The third-order valence-electron chi connectivity index (χ3n) is 1.30. The number of aromatic nitrogens is 1. The van der Waals surface area contributed by atoms with Crippen molar-refractivity contribution in [2.24, 2.45) is 0 Å². The molecule has 0 atom stereocenters. The standard InChI is InChI=1S/C8H10NO3/c1-2-12-8(10)7-4-3-5-9(11)6-7/h3-6,11H,2H2,1H3/q+1. The van der Waals surface area contributed by atoms with Gasteiger partial charge in [-0.25, -0.2) is 4.79 Å². The van der Waals surface area contributed by atoms with Gasteiger partial charge in [0.1, 0.15) is 5.56 Å². The molecule has 0 aromatic carbocycles. The Balaban J connectivity index is 2.81. The molecule has 0 unspecified atom stereocenters. The predicted molar refractivity (Wildman–Crippen MR) is 39.8 cm³/mol. The second-order valence-electron chi connectivity index (χ2n) is 2.19. The lowest BCUT2D eigenvalue weighted by molar-refractivity contribution is -0.904. The fourth-order valence-electron chi connectivity index (χ4n) is 0.799. The molecule has 0 aliphatic carbocycles. The van der Waals surface area contributed by atoms with Gasteiger partial charge in [0.15, 0.2) is 0 Å². The zero-order chi connectivity index (χ0) is 8.97. The Labute approximate surface area is 70.0 Å². The minimum atomic E-state index is -0.430. The van der Waals surface area contributed by atoms with E-state index in [1.807, 2.05) is 0 Å². The van der Waals surface area contributed by atoms with Crippen LogP contribution in [0.15, 0.2) is 24.5 Å². The first-order valence-corrected chi connectivity index (χ1v) is 3.61. The second kappa shape index (κ2) is 3.71. The van der Waals surface area contributed by atoms with Crippen LogP contribution < -0.4 is 4.73 Å². The highest BCUT2D eigenvalue weighted by atomic mass is 16.5. The van der Waals surface area contributed by atoms with Crippen LogP contribution in [0.5, 0.6) is 0 Å². The van der Waals surface area contributed by atoms with E-state index in [1.165, 1.54) is 12.4 Å². The Hall–Kier alpha value is -1.58. The van der Waals surface area contributed by atoms with Crippen molar-refractivity contribution < 1.29 is 19.5 Å². The Morgan fingerprint density at radius 1 is 1.75 bits per heavy atom. The molecule has 0 amide bonds. The maximum absolute atomic E-state index is 11.1. The Morgan fingerprint density at radius 2 is 2.50 bits per heavy atom. The SMILES string of the molecule is CCOC(=O)c1ccc[n+](O)c1. The number of hydrogen-bond donors (Lipinski definition) is 1. The summed E-state index contributed by atoms with van der Waals surface area (Å²) in [4.78, 5) is 11.1. The van der Waals surface area contributed by atoms with Crippen LogP contribution in [0.1, 0.15) is 17.3 Å². The number of ether oxygens (including phenoxy) is 1. The van der Waals surface area contributed by atoms with Gasteiger partial charge in [0.25, 0.3) is 0 Å². The molecule has 0 saturated carbocycles. The summed E-state index contributed by atoms with van der Waals surface area (Å²) >= 11 is 0. The smallest absolute Gasteiger partial charge is 0.344 e. The molecular weight excluding hydrogens is 158 g/mol. The quantitative estimate of drug-likeness (QED) is 0.395. The first kappa shape index (κ1) is 8.52. The number of carbonyl (C=O) groups is 1. The van der Waals surface area contributed by atoms with Crippen molar-refractivity contribution >= 4 is 5.97 Å². The fourth-order valence-corrected chi connectivity index (χ4v) is 0.799. The van der Waals surface area contributed by atoms with E-state index in [4.69, 9.17) is 9.94 Å². The van der Waals surface area contributed by atoms with Crippen molar-refractivity contribution in [2.75, 3.05) is 6.61 Å². The van der Waals surface area contributed by atoms with Gasteiger partial charge in [-0.05, 0) is 13.0 Å². The number of hydrogen-bond acceptors (Lipinski definition) is 3. The van der Waals surface area contributed by atoms with Gasteiger partial charge in [0, 0.05) is 10.8 Å². The molecule has 1 aromatic rings. The Bertz CT molecular complexity index is 285. The molecule has 0 fully saturated rings. The molecule has 0 aliphatic rings. The Kier molecular flexibility index (Phi) is 2.63. The topological polar surface area (TPSA) is 50.4 Å². The van der Waals surface area contributed by atoms with Gasteiger partial charge in [-0.15, -0.1) is 0 Å². The maximum Gasteiger partial charge on any atom is 0.344 e. The third-order valence-corrected chi connectivity index (χ3v) is 1.30. The lowest BCUT2D eigenvalue weighted by atomic mass is 10.3. The highest BCUT2D eigenvalue weighted by Crippen LogP contribution is 1.96. The molecule has 0 radical (unpaired) electrons. The maximum atomic E-state index is 11.1. The summed E-state index contributed by atoms with van der Waals surface area (Å²) in [7, 11) is 0. The molecule has 0 saturated heterocycles. The number of esters is 1. The average molecular weight is 168 g/mol. The largest absolute Gasteiger partial charge is 0.462 e. The van der Waals surface area contributed by atoms with E-state index < -0.39 is 5.97 Å². The molecule has 0 spiro atoms. The molecule has 1 aromatic heterocycles. The Morgan fingerprint density at radius 3 is 3.08 bits per heavy atom. The molecule has 12 heavy (non-hydrogen) atoms. The van der Waals surface area contributed by atoms with Crippen LogP contribution in [-0.2, 0) is 4.74 Å². The summed E-state index contributed by atoms with van der Waals surface area (Å²) in [6.07, 6.45) is 2.71. The van der Waals surface area contributed by atoms with Crippen molar-refractivity contribution in [2.45, 2.75) is 6.92 Å². The molecular formula is C8H10NO3+. The van der Waals surface area contributed by atoms with Crippen molar-refractivity contribution in [3.8, 4) is 0 Å². The van der Waals surface area contributed by atoms with Crippen LogP contribution in [0.25, 0.3) is 0 Å². The van der Waals surface area contributed by atoms with Crippen LogP contribution >= 0.6 is 0 Å². The lowest BCUT2D eigenvalue weighted by Crippen LogP contribution is -2.29. The molecule has 1 rings (SSSR count). The normalized spacial score (nSPS) is 9.42. The van der Waals surface area contributed by atoms with Gasteiger partial charge in [-0.1, -0.05) is 0 Å². The van der Waals surface area contributed by atoms with Crippen LogP contribution in [0.2, 0.25) is 0 Å². The molecule has 0 bridgehead atoms. The van der Waals surface area contributed by atoms with Gasteiger partial charge in [-0.3, -0.25) is 5.21 Å². The zero-order valence-corrected chi connectivity index (χ0v) is 6.73. The monoisotopic (exact) mass is 168 g/mol. The first-order valence-electron chi connectivity index (χ1n) is 3.61. The van der Waals surface area contributed by atoms with Crippen LogP contribution in [0, 0.1) is 0 Å². The van der Waals surface area contributed by atoms with Crippen molar-refractivity contribution in [1.29, 1.82) is 0 Å². The molecule has 4 nitrogen and oxygen atoms in total. The molecule has 0 aliphatic heterocycles. The zero-order valence-electron chi connectivity index (χ0n) is 6.73. The van der Waals surface area contributed by atoms with E-state index in [1.54, 1.807) is 19.1 Å². The molecule has 64 valence electrons. The minimum Gasteiger partial charge on any atom is -0.462 e. The van der Waals surface area contributed by atoms with Crippen LogP contribution in [0.3, 0.4) is 0 Å². The van der Waals surface area contributed by atoms with Gasteiger partial charge in [0.2, 0.25) is 12.4 Å². The highest BCUT2D eigenvalue weighted by molar-refractivity contribution is 5.88. The van der Waals surface area contributed by atoms with E-state index in [9.17, 15) is 4.79 Å². The highest BCUT2D eigenvalue weighted by Gasteiger charge is 2.10. The average Bonchev–Trinajstić information content (AvgIpc) is 2.05. The van der Waals surface area contributed by atoms with E-state index >= 15 is 0 Å². The second-order valence-corrected chi connectivity index (χ2v) is 2.19. The van der Waals surface area contributed by atoms with Crippen molar-refractivity contribution in [1.82, 2.24) is 0 Å². The summed E-state index contributed by atoms with van der Waals surface area (Å²) in [5.74, 6) is -0.430. The van der Waals surface area contributed by atoms with E-state index in [2.05, 4.69) is 0 Å². The predicted octanol–water partition coefficient (Wildman–Crippen LogP) is 0.388. The van der Waals surface area contributed by atoms with Crippen LogP contribution in [0.4, 0.5) is 0 Å². The number of nitrogens with zero attached hydrogens (tertiary/aromatic N) is 1. The van der Waals surface area contributed by atoms with E-state index in [-0.39, 0.29) is 0 Å². The minimum absolute atomic E-state index is 0.332. The van der Waals surface area contributed by atoms with Crippen LogP contribution in [-0.4, -0.2) is 17.8 Å². The van der Waals surface area contributed by atoms with Gasteiger partial charge in [0.05, 0.1) is 6.61 Å². The fraction of sp³-hybridized carbons (Fsp3) is 0.250. The van der Waals surface area contributed by atoms with Gasteiger partial charge >= 0.3 is 5.97 Å². The van der Waals surface area contributed by atoms with E-state index in [0.717, 1.165) is 4.73 Å². The summed E-state index contributed by atoms with van der Waals surface area (Å²) in [5.41, 5.74) is 0.335. The summed E-state index contributed by atoms with van der Waals surface area (Å²) in [6, 6.07) is 3.14. The summed E-state index contributed by atoms with van der Waals surface area (Å²) < 4.78 is 5.53. The van der Waals surface area contributed by atoms with E-state index in [0.29, 0.717) is 12.2 Å². The summed E-state index contributed by atoms with van der Waals surface area (Å²) in [5, 5.41) is 8.94. The van der Waals surface area contributed by atoms with Crippen molar-refractivity contribution in [3.05, 3.63) is 30.1 Å². The molecule has 4 heteroatoms. The summed E-state index contributed by atoms with van der Waals surface area (Å²) in [6.45, 7) is 2.06. The third kappa shape index (κ3) is 1.95. The number of carbonyl (C=O) groups excluding carboxylic acids is 1. The number of pyridine rings is 1. The lowest BCUT2D eigenvalue weighted by Gasteiger charge is -1.97. The van der Waals surface area contributed by atoms with Gasteiger partial charge < -0.3 is 4.74 Å². The molecule has 1 heterocycles. The first-order chi connectivity index (χ1) is 5.74. The number of rotatable bonds is 2.